The van der Waals surface area contributed by atoms with Gasteiger partial charge in [0.1, 0.15) is 0 Å². The van der Waals surface area contributed by atoms with Crippen molar-refractivity contribution in [2.24, 2.45) is 17.8 Å². The molecule has 5 heteroatoms. The molecule has 2 saturated heterocycles. The molecule has 0 bridgehead atoms. The van der Waals surface area contributed by atoms with Crippen LogP contribution in [-0.2, 0) is 14.3 Å². The molecule has 20 heavy (non-hydrogen) atoms. The van der Waals surface area contributed by atoms with Gasteiger partial charge in [0.2, 0.25) is 5.91 Å². The van der Waals surface area contributed by atoms with Crippen LogP contribution in [0.1, 0.15) is 26.7 Å². The minimum atomic E-state index is -0.154. The number of rotatable bonds is 3. The summed E-state index contributed by atoms with van der Waals surface area (Å²) >= 11 is 0. The number of nitrogens with zero attached hydrogens (tertiary/aromatic N) is 2. The standard InChI is InChI=1S/C15H26N2O3/c1-11-5-4-6-17(7-11)14(18)10-16-8-12(2)13(9-16)15(19)20-3/h11-13H,4-10H2,1-3H3. The number of hydrogen-bond donors (Lipinski definition) is 0. The Morgan fingerprint density at radius 2 is 1.95 bits per heavy atom. The van der Waals surface area contributed by atoms with Gasteiger partial charge >= 0.3 is 5.97 Å². The molecule has 0 spiro atoms. The molecule has 0 saturated carbocycles. The van der Waals surface area contributed by atoms with Crippen LogP contribution in [0, 0.1) is 17.8 Å². The van der Waals surface area contributed by atoms with Crippen molar-refractivity contribution >= 4 is 11.9 Å². The first-order valence-corrected chi connectivity index (χ1v) is 7.59. The largest absolute Gasteiger partial charge is 0.469 e. The van der Waals surface area contributed by atoms with Crippen LogP contribution in [0.4, 0.5) is 0 Å². The minimum Gasteiger partial charge on any atom is -0.469 e. The molecule has 0 N–H and O–H groups in total. The summed E-state index contributed by atoms with van der Waals surface area (Å²) in [4.78, 5) is 28.0. The Kier molecular flexibility index (Phi) is 5.02. The molecule has 2 aliphatic rings. The van der Waals surface area contributed by atoms with Crippen LogP contribution < -0.4 is 0 Å². The van der Waals surface area contributed by atoms with Crippen LogP contribution in [0.3, 0.4) is 0 Å². The molecular formula is C15H26N2O3. The summed E-state index contributed by atoms with van der Waals surface area (Å²) in [5.74, 6) is 0.824. The van der Waals surface area contributed by atoms with E-state index in [9.17, 15) is 9.59 Å². The van der Waals surface area contributed by atoms with Crippen LogP contribution in [0.2, 0.25) is 0 Å². The highest BCUT2D eigenvalue weighted by atomic mass is 16.5. The van der Waals surface area contributed by atoms with Crippen molar-refractivity contribution in [1.82, 2.24) is 9.80 Å². The van der Waals surface area contributed by atoms with Gasteiger partial charge in [-0.15, -0.1) is 0 Å². The van der Waals surface area contributed by atoms with Crippen molar-refractivity contribution in [2.45, 2.75) is 26.7 Å². The molecule has 2 fully saturated rings. The highest BCUT2D eigenvalue weighted by Gasteiger charge is 2.36. The third-order valence-corrected chi connectivity index (χ3v) is 4.56. The van der Waals surface area contributed by atoms with Crippen molar-refractivity contribution in [3.05, 3.63) is 0 Å². The van der Waals surface area contributed by atoms with Gasteiger partial charge in [-0.2, -0.15) is 0 Å². The van der Waals surface area contributed by atoms with Crippen molar-refractivity contribution < 1.29 is 14.3 Å². The first-order valence-electron chi connectivity index (χ1n) is 7.59. The van der Waals surface area contributed by atoms with E-state index in [0.717, 1.165) is 26.1 Å². The first-order chi connectivity index (χ1) is 9.51. The molecule has 3 atom stereocenters. The fourth-order valence-corrected chi connectivity index (χ4v) is 3.36. The molecule has 0 radical (unpaired) electrons. The lowest BCUT2D eigenvalue weighted by atomic mass is 9.99. The average molecular weight is 282 g/mol. The van der Waals surface area contributed by atoms with E-state index in [1.165, 1.54) is 13.5 Å². The molecule has 1 amide bonds. The van der Waals surface area contributed by atoms with Gasteiger partial charge in [0.05, 0.1) is 19.6 Å². The highest BCUT2D eigenvalue weighted by molar-refractivity contribution is 5.79. The third kappa shape index (κ3) is 3.51. The maximum absolute atomic E-state index is 12.3. The number of carbonyl (C=O) groups excluding carboxylic acids is 2. The number of amides is 1. The predicted molar refractivity (Wildman–Crippen MR) is 76.1 cm³/mol. The summed E-state index contributed by atoms with van der Waals surface area (Å²) in [7, 11) is 1.43. The second-order valence-electron chi connectivity index (χ2n) is 6.39. The Morgan fingerprint density at radius 1 is 1.20 bits per heavy atom. The zero-order valence-electron chi connectivity index (χ0n) is 12.8. The van der Waals surface area contributed by atoms with E-state index in [1.54, 1.807) is 0 Å². The van der Waals surface area contributed by atoms with Gasteiger partial charge in [-0.3, -0.25) is 14.5 Å². The quantitative estimate of drug-likeness (QED) is 0.724. The normalized spacial score (nSPS) is 31.4. The monoisotopic (exact) mass is 282 g/mol. The number of methoxy groups -OCH3 is 1. The molecule has 2 heterocycles. The molecule has 114 valence electrons. The summed E-state index contributed by atoms with van der Waals surface area (Å²) in [5.41, 5.74) is 0. The van der Waals surface area contributed by atoms with E-state index in [1.807, 2.05) is 4.90 Å². The molecule has 0 aliphatic carbocycles. The molecule has 3 unspecified atom stereocenters. The van der Waals surface area contributed by atoms with Gasteiger partial charge < -0.3 is 9.64 Å². The van der Waals surface area contributed by atoms with Crippen molar-refractivity contribution in [1.29, 1.82) is 0 Å². The topological polar surface area (TPSA) is 49.9 Å². The number of carbonyl (C=O) groups is 2. The maximum Gasteiger partial charge on any atom is 0.310 e. The van der Waals surface area contributed by atoms with Crippen LogP contribution in [0.15, 0.2) is 0 Å². The van der Waals surface area contributed by atoms with Crippen LogP contribution >= 0.6 is 0 Å². The number of ether oxygens (including phenoxy) is 1. The van der Waals surface area contributed by atoms with E-state index >= 15 is 0 Å². The molecule has 0 aromatic rings. The zero-order chi connectivity index (χ0) is 14.7. The van der Waals surface area contributed by atoms with E-state index in [2.05, 4.69) is 18.7 Å². The molecule has 2 aliphatic heterocycles. The lowest BCUT2D eigenvalue weighted by Gasteiger charge is -2.32. The lowest BCUT2D eigenvalue weighted by Crippen LogP contribution is -2.44. The van der Waals surface area contributed by atoms with E-state index in [-0.39, 0.29) is 23.7 Å². The van der Waals surface area contributed by atoms with Crippen molar-refractivity contribution in [3.63, 3.8) is 0 Å². The average Bonchev–Trinajstić information content (AvgIpc) is 2.78. The van der Waals surface area contributed by atoms with Gasteiger partial charge in [-0.1, -0.05) is 13.8 Å². The summed E-state index contributed by atoms with van der Waals surface area (Å²) in [6.07, 6.45) is 2.32. The smallest absolute Gasteiger partial charge is 0.310 e. The van der Waals surface area contributed by atoms with E-state index < -0.39 is 0 Å². The number of esters is 1. The Hall–Kier alpha value is -1.10. The number of hydrogen-bond acceptors (Lipinski definition) is 4. The van der Waals surface area contributed by atoms with Crippen molar-refractivity contribution in [3.8, 4) is 0 Å². The molecule has 5 nitrogen and oxygen atoms in total. The first kappa shape index (κ1) is 15.3. The second kappa shape index (κ2) is 6.57. The Morgan fingerprint density at radius 3 is 2.60 bits per heavy atom. The number of likely N-dealkylation sites (tertiary alicyclic amines) is 2. The summed E-state index contributed by atoms with van der Waals surface area (Å²) in [6.45, 7) is 7.89. The molecule has 0 aromatic carbocycles. The van der Waals surface area contributed by atoms with Gasteiger partial charge in [0, 0.05) is 26.2 Å². The summed E-state index contributed by atoms with van der Waals surface area (Å²) in [5, 5.41) is 0. The Balaban J connectivity index is 1.85. The fraction of sp³-hybridized carbons (Fsp3) is 0.867. The van der Waals surface area contributed by atoms with Crippen molar-refractivity contribution in [2.75, 3.05) is 39.8 Å². The van der Waals surface area contributed by atoms with Gasteiger partial charge in [-0.05, 0) is 24.7 Å². The Bertz CT molecular complexity index is 372. The Labute approximate surface area is 121 Å². The molecular weight excluding hydrogens is 256 g/mol. The number of piperidine rings is 1. The summed E-state index contributed by atoms with van der Waals surface area (Å²) < 4.78 is 4.83. The predicted octanol–water partition coefficient (Wildman–Crippen LogP) is 0.986. The van der Waals surface area contributed by atoms with Crippen LogP contribution in [-0.4, -0.2) is 61.5 Å². The minimum absolute atomic E-state index is 0.0897. The van der Waals surface area contributed by atoms with Crippen LogP contribution in [0.25, 0.3) is 0 Å². The van der Waals surface area contributed by atoms with Crippen LogP contribution in [0.5, 0.6) is 0 Å². The molecule has 2 rings (SSSR count). The maximum atomic E-state index is 12.3. The zero-order valence-corrected chi connectivity index (χ0v) is 12.8. The van der Waals surface area contributed by atoms with E-state index in [4.69, 9.17) is 4.74 Å². The second-order valence-corrected chi connectivity index (χ2v) is 6.39. The highest BCUT2D eigenvalue weighted by Crippen LogP contribution is 2.24. The third-order valence-electron chi connectivity index (χ3n) is 4.56. The summed E-state index contributed by atoms with van der Waals surface area (Å²) in [6, 6.07) is 0. The SMILES string of the molecule is COC(=O)C1CN(CC(=O)N2CCCC(C)C2)CC1C. The van der Waals surface area contributed by atoms with Gasteiger partial charge in [-0.25, -0.2) is 0 Å². The van der Waals surface area contributed by atoms with Gasteiger partial charge in [0.15, 0.2) is 0 Å². The van der Waals surface area contributed by atoms with Gasteiger partial charge in [0.25, 0.3) is 0 Å². The lowest BCUT2D eigenvalue weighted by molar-refractivity contribution is -0.146. The fourth-order valence-electron chi connectivity index (χ4n) is 3.36. The molecule has 0 aromatic heterocycles. The van der Waals surface area contributed by atoms with E-state index in [0.29, 0.717) is 19.0 Å².